The lowest BCUT2D eigenvalue weighted by Gasteiger charge is -2.15. The van der Waals surface area contributed by atoms with Crippen LogP contribution in [0.5, 0.6) is 0 Å². The van der Waals surface area contributed by atoms with Crippen LogP contribution in [-0.4, -0.2) is 36.4 Å². The molecule has 5 nitrogen and oxygen atoms in total. The van der Waals surface area contributed by atoms with Crippen LogP contribution in [0.3, 0.4) is 0 Å². The molecule has 0 amide bonds. The van der Waals surface area contributed by atoms with Gasteiger partial charge in [0.15, 0.2) is 6.10 Å². The van der Waals surface area contributed by atoms with Gasteiger partial charge in [-0.15, -0.1) is 0 Å². The number of ether oxygens (including phenoxy) is 2. The maximum absolute atomic E-state index is 12.4. The Balaban J connectivity index is 3.49. The summed E-state index contributed by atoms with van der Waals surface area (Å²) in [5.41, 5.74) is 0. The number of allylic oxidation sites excluding steroid dienone is 16. The minimum atomic E-state index is -0.779. The molecule has 0 aromatic rings. The molecule has 0 saturated heterocycles. The molecule has 450 valence electrons. The van der Waals surface area contributed by atoms with Crippen LogP contribution in [0.2, 0.25) is 0 Å². The van der Waals surface area contributed by atoms with Crippen molar-refractivity contribution in [2.75, 3.05) is 13.2 Å². The third-order valence-electron chi connectivity index (χ3n) is 14.9. The number of carbonyl (C=O) groups is 2. The van der Waals surface area contributed by atoms with E-state index in [2.05, 4.69) is 111 Å². The molecule has 0 radical (unpaired) electrons. The minimum Gasteiger partial charge on any atom is -0.462 e. The monoisotopic (exact) mass is 1080 g/mol. The third-order valence-corrected chi connectivity index (χ3v) is 14.9. The van der Waals surface area contributed by atoms with Gasteiger partial charge >= 0.3 is 11.9 Å². The van der Waals surface area contributed by atoms with Crippen molar-refractivity contribution in [1.82, 2.24) is 0 Å². The molecule has 0 spiro atoms. The van der Waals surface area contributed by atoms with E-state index < -0.39 is 6.10 Å². The number of esters is 2. The van der Waals surface area contributed by atoms with Crippen LogP contribution in [0.4, 0.5) is 0 Å². The lowest BCUT2D eigenvalue weighted by Crippen LogP contribution is -2.28. The summed E-state index contributed by atoms with van der Waals surface area (Å²) >= 11 is 0. The Labute approximate surface area is 485 Å². The highest BCUT2D eigenvalue weighted by Crippen LogP contribution is 2.18. The number of unbranched alkanes of at least 4 members (excludes halogenated alkanes) is 38. The summed E-state index contributed by atoms with van der Waals surface area (Å²) in [6.45, 7) is 4.06. The van der Waals surface area contributed by atoms with Crippen LogP contribution in [-0.2, 0) is 19.1 Å². The Bertz CT molecular complexity index is 1460. The average molecular weight is 1090 g/mol. The summed E-state index contributed by atoms with van der Waals surface area (Å²) in [4.78, 5) is 24.6. The standard InChI is InChI=1S/C73H128O5/c1-3-5-7-9-11-13-15-17-19-21-23-25-27-29-31-33-34-35-36-37-38-40-42-44-46-48-50-52-54-56-58-60-62-64-66-68-73(76)78-71(69-74)70-77-72(75)67-65-63-61-59-57-55-53-51-49-47-45-43-41-39-32-30-28-26-24-22-20-18-16-14-12-10-8-6-4-2/h5,7,11,13,17,19,23,25,29,31,34-35,37-38,42,44,71,74H,3-4,6,8-10,12,14-16,18,20-22,24,26-28,30,32-33,36,39-41,43,45-70H2,1-2H3/b7-5-,13-11-,19-17-,25-23-,31-29-,35-34-,38-37-,44-42-. The van der Waals surface area contributed by atoms with Gasteiger partial charge in [-0.05, 0) is 77.0 Å². The molecule has 0 aromatic carbocycles. The molecule has 0 fully saturated rings. The van der Waals surface area contributed by atoms with Gasteiger partial charge in [0.1, 0.15) is 6.61 Å². The van der Waals surface area contributed by atoms with Crippen molar-refractivity contribution in [1.29, 1.82) is 0 Å². The second-order valence-electron chi connectivity index (χ2n) is 22.5. The second kappa shape index (κ2) is 68.1. The van der Waals surface area contributed by atoms with Crippen molar-refractivity contribution in [3.05, 3.63) is 97.2 Å². The molecular formula is C73H128O5. The van der Waals surface area contributed by atoms with Crippen molar-refractivity contribution in [2.24, 2.45) is 0 Å². The van der Waals surface area contributed by atoms with Gasteiger partial charge in [-0.1, -0.05) is 342 Å². The van der Waals surface area contributed by atoms with E-state index in [0.29, 0.717) is 12.8 Å². The zero-order valence-corrected chi connectivity index (χ0v) is 51.7. The fourth-order valence-electron chi connectivity index (χ4n) is 9.87. The molecule has 0 heterocycles. The number of aliphatic hydroxyl groups is 1. The molecule has 1 unspecified atom stereocenters. The Morgan fingerprint density at radius 3 is 0.833 bits per heavy atom. The summed E-state index contributed by atoms with van der Waals surface area (Å²) in [5.74, 6) is -0.584. The fraction of sp³-hybridized carbons (Fsp3) is 0.753. The van der Waals surface area contributed by atoms with E-state index in [0.717, 1.165) is 89.9 Å². The van der Waals surface area contributed by atoms with Crippen LogP contribution in [0.25, 0.3) is 0 Å². The minimum absolute atomic E-state index is 0.0677. The van der Waals surface area contributed by atoms with Gasteiger partial charge < -0.3 is 14.6 Å². The van der Waals surface area contributed by atoms with Gasteiger partial charge in [0.25, 0.3) is 0 Å². The normalized spacial score (nSPS) is 12.8. The summed E-state index contributed by atoms with van der Waals surface area (Å²) in [6, 6.07) is 0. The predicted octanol–water partition coefficient (Wildman–Crippen LogP) is 23.4. The highest BCUT2D eigenvalue weighted by atomic mass is 16.6. The maximum atomic E-state index is 12.4. The van der Waals surface area contributed by atoms with E-state index in [1.54, 1.807) is 0 Å². The van der Waals surface area contributed by atoms with Crippen LogP contribution in [0.1, 0.15) is 335 Å². The molecule has 0 bridgehead atoms. The molecule has 0 aliphatic heterocycles. The molecule has 0 aliphatic rings. The Hall–Kier alpha value is -3.18. The van der Waals surface area contributed by atoms with Crippen LogP contribution in [0, 0.1) is 0 Å². The Morgan fingerprint density at radius 1 is 0.308 bits per heavy atom. The van der Waals surface area contributed by atoms with Gasteiger partial charge in [0, 0.05) is 12.8 Å². The topological polar surface area (TPSA) is 72.8 Å². The number of hydrogen-bond donors (Lipinski definition) is 1. The first-order valence-electron chi connectivity index (χ1n) is 33.8. The van der Waals surface area contributed by atoms with E-state index in [4.69, 9.17) is 9.47 Å². The van der Waals surface area contributed by atoms with E-state index >= 15 is 0 Å². The molecule has 0 rings (SSSR count). The largest absolute Gasteiger partial charge is 0.462 e. The van der Waals surface area contributed by atoms with Gasteiger partial charge in [-0.25, -0.2) is 0 Å². The summed E-state index contributed by atoms with van der Waals surface area (Å²) < 4.78 is 10.8. The van der Waals surface area contributed by atoms with Crippen molar-refractivity contribution in [3.63, 3.8) is 0 Å². The first-order valence-corrected chi connectivity index (χ1v) is 33.8. The number of carbonyl (C=O) groups excluding carboxylic acids is 2. The molecule has 5 heteroatoms. The summed E-state index contributed by atoms with van der Waals surface area (Å²) in [7, 11) is 0. The molecule has 78 heavy (non-hydrogen) atoms. The zero-order valence-electron chi connectivity index (χ0n) is 51.7. The Morgan fingerprint density at radius 2 is 0.551 bits per heavy atom. The van der Waals surface area contributed by atoms with Gasteiger partial charge in [-0.2, -0.15) is 0 Å². The summed E-state index contributed by atoms with van der Waals surface area (Å²) in [5, 5.41) is 9.70. The number of aliphatic hydroxyl groups excluding tert-OH is 1. The predicted molar refractivity (Wildman–Crippen MR) is 343 cm³/mol. The lowest BCUT2D eigenvalue weighted by atomic mass is 10.0. The Kier molecular flexibility index (Phi) is 65.3. The number of hydrogen-bond acceptors (Lipinski definition) is 5. The van der Waals surface area contributed by atoms with Crippen molar-refractivity contribution in [3.8, 4) is 0 Å². The van der Waals surface area contributed by atoms with Gasteiger partial charge in [0.2, 0.25) is 0 Å². The highest BCUT2D eigenvalue weighted by molar-refractivity contribution is 5.70. The molecule has 1 atom stereocenters. The van der Waals surface area contributed by atoms with Crippen LogP contribution in [0.15, 0.2) is 97.2 Å². The van der Waals surface area contributed by atoms with E-state index in [-0.39, 0.29) is 25.2 Å². The van der Waals surface area contributed by atoms with Gasteiger partial charge in [0.05, 0.1) is 6.61 Å². The molecule has 0 aromatic heterocycles. The quantitative estimate of drug-likeness (QED) is 0.0373. The van der Waals surface area contributed by atoms with Crippen LogP contribution >= 0.6 is 0 Å². The fourth-order valence-corrected chi connectivity index (χ4v) is 9.87. The smallest absolute Gasteiger partial charge is 0.306 e. The third kappa shape index (κ3) is 65.3. The van der Waals surface area contributed by atoms with Gasteiger partial charge in [-0.3, -0.25) is 9.59 Å². The van der Waals surface area contributed by atoms with E-state index in [1.807, 2.05) is 0 Å². The van der Waals surface area contributed by atoms with Crippen molar-refractivity contribution < 1.29 is 24.2 Å². The molecular weight excluding hydrogens is 957 g/mol. The van der Waals surface area contributed by atoms with E-state index in [9.17, 15) is 14.7 Å². The van der Waals surface area contributed by atoms with Crippen LogP contribution < -0.4 is 0 Å². The van der Waals surface area contributed by atoms with Crippen molar-refractivity contribution in [2.45, 2.75) is 341 Å². The number of rotatable bonds is 62. The average Bonchev–Trinajstić information content (AvgIpc) is 3.44. The molecule has 0 aliphatic carbocycles. The molecule has 1 N–H and O–H groups in total. The zero-order chi connectivity index (χ0) is 56.2. The first kappa shape index (κ1) is 74.8. The highest BCUT2D eigenvalue weighted by Gasteiger charge is 2.16. The lowest BCUT2D eigenvalue weighted by molar-refractivity contribution is -0.161. The van der Waals surface area contributed by atoms with E-state index in [1.165, 1.54) is 218 Å². The first-order chi connectivity index (χ1) is 38.6. The van der Waals surface area contributed by atoms with Crippen molar-refractivity contribution >= 4 is 11.9 Å². The second-order valence-corrected chi connectivity index (χ2v) is 22.5. The molecule has 0 saturated carbocycles. The summed E-state index contributed by atoms with van der Waals surface area (Å²) in [6.07, 6.45) is 97.1. The maximum Gasteiger partial charge on any atom is 0.306 e. The SMILES string of the molecule is CC/C=C\C/C=C\C/C=C\C/C=C\C/C=C\C/C=C\C/C=C\C/C=C\CCCCCCCCCCCCC(=O)OC(CO)COC(=O)CCCCCCCCCCCCCCCCCCCCCCCCCCCCCCC.